The number of hydrogen-bond acceptors (Lipinski definition) is 5. The Hall–Kier alpha value is -3.00. The first kappa shape index (κ1) is 12.1. The number of furan rings is 1. The lowest BCUT2D eigenvalue weighted by Gasteiger charge is -2.20. The molecule has 0 aliphatic heterocycles. The molecule has 2 heterocycles. The third-order valence-electron chi connectivity index (χ3n) is 3.18. The van der Waals surface area contributed by atoms with E-state index < -0.39 is 0 Å². The molecule has 98 valence electrons. The smallest absolute Gasteiger partial charge is 0.199 e. The Morgan fingerprint density at radius 1 is 1.25 bits per heavy atom. The summed E-state index contributed by atoms with van der Waals surface area (Å²) in [6, 6.07) is 13.3. The Kier molecular flexibility index (Phi) is 2.77. The molecule has 5 nitrogen and oxygen atoms in total. The van der Waals surface area contributed by atoms with Crippen molar-refractivity contribution >= 4 is 28.3 Å². The summed E-state index contributed by atoms with van der Waals surface area (Å²) in [5, 5.41) is 10.2. The highest BCUT2D eigenvalue weighted by Gasteiger charge is 2.18. The van der Waals surface area contributed by atoms with Crippen molar-refractivity contribution in [2.75, 3.05) is 17.7 Å². The van der Waals surface area contributed by atoms with E-state index in [1.807, 2.05) is 37.4 Å². The van der Waals surface area contributed by atoms with E-state index >= 15 is 0 Å². The zero-order valence-electron chi connectivity index (χ0n) is 10.9. The quantitative estimate of drug-likeness (QED) is 0.769. The van der Waals surface area contributed by atoms with E-state index in [0.717, 1.165) is 10.9 Å². The van der Waals surface area contributed by atoms with Crippen molar-refractivity contribution in [1.29, 1.82) is 5.26 Å². The van der Waals surface area contributed by atoms with Crippen molar-refractivity contribution in [2.24, 2.45) is 0 Å². The number of aromatic nitrogens is 1. The summed E-state index contributed by atoms with van der Waals surface area (Å²) in [6.45, 7) is 0. The molecule has 5 heteroatoms. The van der Waals surface area contributed by atoms with Gasteiger partial charge in [-0.3, -0.25) is 0 Å². The second-order valence-electron chi connectivity index (χ2n) is 4.36. The predicted octanol–water partition coefficient (Wildman–Crippen LogP) is 3.05. The Labute approximate surface area is 115 Å². The van der Waals surface area contributed by atoms with Gasteiger partial charge in [0.15, 0.2) is 5.88 Å². The number of fused-ring (bicyclic) bond motifs is 1. The fourth-order valence-electron chi connectivity index (χ4n) is 2.24. The van der Waals surface area contributed by atoms with Gasteiger partial charge in [-0.2, -0.15) is 5.26 Å². The molecule has 3 aromatic rings. The Balaban J connectivity index is 2.35. The first-order valence-electron chi connectivity index (χ1n) is 6.08. The number of anilines is 3. The van der Waals surface area contributed by atoms with Crippen LogP contribution in [0.3, 0.4) is 0 Å². The minimum atomic E-state index is 0.222. The van der Waals surface area contributed by atoms with Gasteiger partial charge in [-0.05, 0) is 12.1 Å². The van der Waals surface area contributed by atoms with E-state index in [2.05, 4.69) is 11.1 Å². The first-order valence-corrected chi connectivity index (χ1v) is 6.08. The minimum absolute atomic E-state index is 0.222. The fraction of sp³-hybridized carbons (Fsp3) is 0.0667. The molecular formula is C15H12N4O. The second-order valence-corrected chi connectivity index (χ2v) is 4.36. The number of nitriles is 1. The van der Waals surface area contributed by atoms with Gasteiger partial charge >= 0.3 is 0 Å². The third-order valence-corrected chi connectivity index (χ3v) is 3.18. The van der Waals surface area contributed by atoms with Crippen molar-refractivity contribution in [3.8, 4) is 6.07 Å². The molecule has 2 aromatic heterocycles. The normalized spacial score (nSPS) is 10.4. The standard InChI is InChI=1S/C15H12N4O/c1-19(13-7-4-8-20-13)14-10-5-2-3-6-12(10)18-15(17)11(14)9-16/h2-8H,1H3,(H2,17,18). The van der Waals surface area contributed by atoms with Gasteiger partial charge in [-0.25, -0.2) is 4.98 Å². The highest BCUT2D eigenvalue weighted by molar-refractivity contribution is 5.98. The summed E-state index contributed by atoms with van der Waals surface area (Å²) in [5.41, 5.74) is 7.70. The predicted molar refractivity (Wildman–Crippen MR) is 77.6 cm³/mol. The molecule has 0 saturated heterocycles. The van der Waals surface area contributed by atoms with E-state index in [4.69, 9.17) is 10.2 Å². The highest BCUT2D eigenvalue weighted by atomic mass is 16.3. The van der Waals surface area contributed by atoms with Crippen LogP contribution >= 0.6 is 0 Å². The Morgan fingerprint density at radius 2 is 2.05 bits per heavy atom. The van der Waals surface area contributed by atoms with E-state index in [0.29, 0.717) is 17.1 Å². The molecule has 0 fully saturated rings. The zero-order valence-corrected chi connectivity index (χ0v) is 10.9. The van der Waals surface area contributed by atoms with Crippen LogP contribution in [0.4, 0.5) is 17.4 Å². The number of nitrogens with two attached hydrogens (primary N) is 1. The summed E-state index contributed by atoms with van der Waals surface area (Å²) >= 11 is 0. The SMILES string of the molecule is CN(c1ccco1)c1c(C#N)c(N)nc2ccccc12. The van der Waals surface area contributed by atoms with Crippen LogP contribution in [-0.2, 0) is 0 Å². The van der Waals surface area contributed by atoms with Crippen molar-refractivity contribution in [3.63, 3.8) is 0 Å². The molecule has 0 radical (unpaired) electrons. The highest BCUT2D eigenvalue weighted by Crippen LogP contribution is 2.35. The summed E-state index contributed by atoms with van der Waals surface area (Å²) in [4.78, 5) is 6.07. The summed E-state index contributed by atoms with van der Waals surface area (Å²) in [7, 11) is 1.83. The molecule has 0 unspecified atom stereocenters. The lowest BCUT2D eigenvalue weighted by Crippen LogP contribution is -2.13. The number of pyridine rings is 1. The average Bonchev–Trinajstić information content (AvgIpc) is 2.99. The van der Waals surface area contributed by atoms with E-state index in [1.54, 1.807) is 17.2 Å². The zero-order chi connectivity index (χ0) is 14.1. The van der Waals surface area contributed by atoms with Crippen LogP contribution in [0.15, 0.2) is 47.1 Å². The average molecular weight is 264 g/mol. The van der Waals surface area contributed by atoms with Crippen LogP contribution in [0.5, 0.6) is 0 Å². The summed E-state index contributed by atoms with van der Waals surface area (Å²) in [6.07, 6.45) is 1.59. The van der Waals surface area contributed by atoms with Gasteiger partial charge in [-0.1, -0.05) is 18.2 Å². The van der Waals surface area contributed by atoms with Gasteiger partial charge in [0.1, 0.15) is 17.5 Å². The van der Waals surface area contributed by atoms with E-state index in [9.17, 15) is 5.26 Å². The van der Waals surface area contributed by atoms with Gasteiger partial charge < -0.3 is 15.1 Å². The summed E-state index contributed by atoms with van der Waals surface area (Å²) in [5.74, 6) is 0.858. The van der Waals surface area contributed by atoms with Crippen LogP contribution in [0.2, 0.25) is 0 Å². The molecule has 0 amide bonds. The van der Waals surface area contributed by atoms with E-state index in [1.165, 1.54) is 0 Å². The lowest BCUT2D eigenvalue weighted by atomic mass is 10.1. The van der Waals surface area contributed by atoms with E-state index in [-0.39, 0.29) is 5.82 Å². The lowest BCUT2D eigenvalue weighted by molar-refractivity contribution is 0.570. The number of hydrogen-bond donors (Lipinski definition) is 1. The van der Waals surface area contributed by atoms with Crippen LogP contribution < -0.4 is 10.6 Å². The van der Waals surface area contributed by atoms with Gasteiger partial charge in [0, 0.05) is 18.5 Å². The van der Waals surface area contributed by atoms with Gasteiger partial charge in [0.25, 0.3) is 0 Å². The molecule has 0 aliphatic rings. The molecule has 1 aromatic carbocycles. The van der Waals surface area contributed by atoms with Crippen LogP contribution in [0.1, 0.15) is 5.56 Å². The van der Waals surface area contributed by atoms with Crippen LogP contribution in [0, 0.1) is 11.3 Å². The molecule has 20 heavy (non-hydrogen) atoms. The molecule has 0 aliphatic carbocycles. The van der Waals surface area contributed by atoms with Crippen molar-refractivity contribution in [1.82, 2.24) is 4.98 Å². The molecule has 0 atom stereocenters. The number of nitrogens with zero attached hydrogens (tertiary/aromatic N) is 3. The van der Waals surface area contributed by atoms with Gasteiger partial charge in [-0.15, -0.1) is 0 Å². The number of benzene rings is 1. The molecular weight excluding hydrogens is 252 g/mol. The van der Waals surface area contributed by atoms with Gasteiger partial charge in [0.05, 0.1) is 17.5 Å². The molecule has 3 rings (SSSR count). The maximum atomic E-state index is 9.38. The Bertz CT molecular complexity index is 803. The number of rotatable bonds is 2. The monoisotopic (exact) mass is 264 g/mol. The molecule has 0 bridgehead atoms. The largest absolute Gasteiger partial charge is 0.448 e. The summed E-state index contributed by atoms with van der Waals surface area (Å²) < 4.78 is 5.39. The Morgan fingerprint density at radius 3 is 2.75 bits per heavy atom. The third kappa shape index (κ3) is 1.75. The number of nitrogen functional groups attached to an aromatic ring is 1. The first-order chi connectivity index (χ1) is 9.72. The molecule has 0 spiro atoms. The van der Waals surface area contributed by atoms with Crippen molar-refractivity contribution in [3.05, 3.63) is 48.2 Å². The fourth-order valence-corrected chi connectivity index (χ4v) is 2.24. The number of para-hydroxylation sites is 1. The van der Waals surface area contributed by atoms with Crippen molar-refractivity contribution in [2.45, 2.75) is 0 Å². The molecule has 2 N–H and O–H groups in total. The molecule has 0 saturated carbocycles. The minimum Gasteiger partial charge on any atom is -0.448 e. The van der Waals surface area contributed by atoms with Crippen molar-refractivity contribution < 1.29 is 4.42 Å². The second kappa shape index (κ2) is 4.59. The van der Waals surface area contributed by atoms with Crippen LogP contribution in [-0.4, -0.2) is 12.0 Å². The van der Waals surface area contributed by atoms with Crippen LogP contribution in [0.25, 0.3) is 10.9 Å². The van der Waals surface area contributed by atoms with Gasteiger partial charge in [0.2, 0.25) is 0 Å². The maximum Gasteiger partial charge on any atom is 0.199 e. The topological polar surface area (TPSA) is 79.1 Å². The maximum absolute atomic E-state index is 9.38.